The van der Waals surface area contributed by atoms with Gasteiger partial charge in [0.15, 0.2) is 0 Å². The second-order valence-electron chi connectivity index (χ2n) is 5.15. The molecular weight excluding hydrogens is 366 g/mol. The van der Waals surface area contributed by atoms with Crippen LogP contribution in [-0.4, -0.2) is 15.1 Å². The molecule has 120 valence electrons. The van der Waals surface area contributed by atoms with Crippen molar-refractivity contribution in [1.82, 2.24) is 9.97 Å². The first-order valence-electron chi connectivity index (χ1n) is 7.50. The van der Waals surface area contributed by atoms with Crippen molar-refractivity contribution in [1.29, 1.82) is 0 Å². The van der Waals surface area contributed by atoms with Crippen LogP contribution in [0.15, 0.2) is 81.6 Å². The molecule has 0 atom stereocenters. The van der Waals surface area contributed by atoms with Crippen molar-refractivity contribution in [2.75, 3.05) is 0 Å². The van der Waals surface area contributed by atoms with Gasteiger partial charge in [0.2, 0.25) is 0 Å². The van der Waals surface area contributed by atoms with Crippen LogP contribution in [0.5, 0.6) is 0 Å². The fourth-order valence-electron chi connectivity index (χ4n) is 2.35. The Labute approximate surface area is 158 Å². The molecule has 6 heteroatoms. The van der Waals surface area contributed by atoms with Gasteiger partial charge in [0, 0.05) is 4.90 Å². The highest BCUT2D eigenvalue weighted by molar-refractivity contribution is 7.99. The van der Waals surface area contributed by atoms with Crippen molar-refractivity contribution >= 4 is 56.4 Å². The molecule has 0 fully saturated rings. The van der Waals surface area contributed by atoms with Crippen LogP contribution < -0.4 is 0 Å². The van der Waals surface area contributed by atoms with E-state index in [4.69, 9.17) is 9.97 Å². The average Bonchev–Trinajstić information content (AvgIpc) is 3.07. The van der Waals surface area contributed by atoms with Gasteiger partial charge in [0.25, 0.3) is 0 Å². The Bertz CT molecular complexity index is 1080. The van der Waals surface area contributed by atoms with Gasteiger partial charge in [-0.2, -0.15) is 4.99 Å². The molecule has 4 rings (SSSR count). The van der Waals surface area contributed by atoms with Crippen molar-refractivity contribution in [3.8, 4) is 10.7 Å². The zero-order valence-electron chi connectivity index (χ0n) is 12.9. The highest BCUT2D eigenvalue weighted by atomic mass is 32.2. The number of thiocarbonyl (C=S) groups is 1. The van der Waals surface area contributed by atoms with Crippen molar-refractivity contribution in [3.05, 3.63) is 66.7 Å². The van der Waals surface area contributed by atoms with E-state index in [9.17, 15) is 0 Å². The molecule has 2 aromatic heterocycles. The summed E-state index contributed by atoms with van der Waals surface area (Å²) >= 11 is 7.92. The first-order valence-corrected chi connectivity index (χ1v) is 9.55. The lowest BCUT2D eigenvalue weighted by Crippen LogP contribution is -1.85. The number of hydrogen-bond donors (Lipinski definition) is 0. The van der Waals surface area contributed by atoms with Crippen LogP contribution in [0, 0.1) is 0 Å². The summed E-state index contributed by atoms with van der Waals surface area (Å²) in [5.74, 6) is 0. The Balaban J connectivity index is 1.68. The summed E-state index contributed by atoms with van der Waals surface area (Å²) in [5.41, 5.74) is 2.54. The summed E-state index contributed by atoms with van der Waals surface area (Å²) < 4.78 is 1.10. The van der Waals surface area contributed by atoms with Crippen molar-refractivity contribution in [2.45, 2.75) is 9.92 Å². The van der Waals surface area contributed by atoms with Gasteiger partial charge >= 0.3 is 0 Å². The zero-order chi connectivity index (χ0) is 17.1. The monoisotopic (exact) mass is 377 g/mol. The third-order valence-electron chi connectivity index (χ3n) is 3.45. The number of pyridine rings is 1. The van der Waals surface area contributed by atoms with E-state index in [1.54, 1.807) is 23.1 Å². The fourth-order valence-corrected chi connectivity index (χ4v) is 4.19. The molecule has 0 N–H and O–H groups in total. The molecule has 0 aliphatic heterocycles. The van der Waals surface area contributed by atoms with Gasteiger partial charge in [-0.25, -0.2) is 9.97 Å². The normalized spacial score (nSPS) is 10.6. The molecule has 2 heterocycles. The molecule has 2 aromatic carbocycles. The number of isothiocyanates is 1. The minimum Gasteiger partial charge on any atom is -0.239 e. The van der Waals surface area contributed by atoms with E-state index in [0.717, 1.165) is 31.6 Å². The predicted octanol–water partition coefficient (Wildman–Crippen LogP) is 6.24. The van der Waals surface area contributed by atoms with Crippen LogP contribution in [0.2, 0.25) is 0 Å². The van der Waals surface area contributed by atoms with Crippen LogP contribution in [0.1, 0.15) is 0 Å². The molecule has 0 bridgehead atoms. The Morgan fingerprint density at radius 3 is 2.68 bits per heavy atom. The summed E-state index contributed by atoms with van der Waals surface area (Å²) in [6, 6.07) is 22.1. The SMILES string of the molecule is S=C=Nc1ccc2sc(-c3cccc(Sc4ccccc4)n3)nc2c1. The van der Waals surface area contributed by atoms with Gasteiger partial charge < -0.3 is 0 Å². The number of aliphatic imine (C=N–C) groups is 1. The summed E-state index contributed by atoms with van der Waals surface area (Å²) in [6.45, 7) is 0. The molecule has 0 saturated heterocycles. The maximum absolute atomic E-state index is 4.75. The van der Waals surface area contributed by atoms with E-state index in [-0.39, 0.29) is 0 Å². The van der Waals surface area contributed by atoms with Gasteiger partial charge in [0.05, 0.1) is 21.1 Å². The second kappa shape index (κ2) is 7.25. The number of rotatable bonds is 4. The quantitative estimate of drug-likeness (QED) is 0.311. The number of benzene rings is 2. The number of thiazole rings is 1. The predicted molar refractivity (Wildman–Crippen MR) is 108 cm³/mol. The van der Waals surface area contributed by atoms with E-state index in [1.807, 2.05) is 54.6 Å². The van der Waals surface area contributed by atoms with E-state index in [1.165, 1.54) is 4.90 Å². The van der Waals surface area contributed by atoms with Crippen LogP contribution in [-0.2, 0) is 0 Å². The molecule has 0 aliphatic carbocycles. The van der Waals surface area contributed by atoms with Crippen molar-refractivity contribution in [3.63, 3.8) is 0 Å². The molecule has 0 radical (unpaired) electrons. The largest absolute Gasteiger partial charge is 0.239 e. The zero-order valence-corrected chi connectivity index (χ0v) is 15.4. The molecule has 0 unspecified atom stereocenters. The van der Waals surface area contributed by atoms with Gasteiger partial charge in [-0.3, -0.25) is 0 Å². The summed E-state index contributed by atoms with van der Waals surface area (Å²) in [5, 5.41) is 4.24. The molecular formula is C19H11N3S3. The van der Waals surface area contributed by atoms with E-state index >= 15 is 0 Å². The van der Waals surface area contributed by atoms with Crippen LogP contribution in [0.4, 0.5) is 5.69 Å². The van der Waals surface area contributed by atoms with E-state index in [0.29, 0.717) is 0 Å². The van der Waals surface area contributed by atoms with Crippen molar-refractivity contribution < 1.29 is 0 Å². The molecule has 4 aromatic rings. The molecule has 3 nitrogen and oxygen atoms in total. The van der Waals surface area contributed by atoms with Crippen LogP contribution in [0.3, 0.4) is 0 Å². The summed E-state index contributed by atoms with van der Waals surface area (Å²) in [7, 11) is 0. The average molecular weight is 378 g/mol. The number of nitrogens with zero attached hydrogens (tertiary/aromatic N) is 3. The minimum absolute atomic E-state index is 0.765. The van der Waals surface area contributed by atoms with Gasteiger partial charge in [-0.15, -0.1) is 11.3 Å². The van der Waals surface area contributed by atoms with E-state index in [2.05, 4.69) is 34.5 Å². The highest BCUT2D eigenvalue weighted by Crippen LogP contribution is 2.33. The molecule has 25 heavy (non-hydrogen) atoms. The molecule has 0 amide bonds. The summed E-state index contributed by atoms with van der Waals surface area (Å²) in [4.78, 5) is 14.6. The highest BCUT2D eigenvalue weighted by Gasteiger charge is 2.09. The first-order chi connectivity index (χ1) is 12.3. The number of fused-ring (bicyclic) bond motifs is 1. The summed E-state index contributed by atoms with van der Waals surface area (Å²) in [6.07, 6.45) is 0. The first kappa shape index (κ1) is 16.1. The Morgan fingerprint density at radius 2 is 1.84 bits per heavy atom. The molecule has 0 aliphatic rings. The minimum atomic E-state index is 0.765. The lowest BCUT2D eigenvalue weighted by atomic mass is 10.3. The third kappa shape index (κ3) is 3.67. The maximum Gasteiger partial charge on any atom is 0.143 e. The maximum atomic E-state index is 4.75. The van der Waals surface area contributed by atoms with Gasteiger partial charge in [-0.05, 0) is 54.7 Å². The van der Waals surface area contributed by atoms with Crippen molar-refractivity contribution in [2.24, 2.45) is 4.99 Å². The van der Waals surface area contributed by atoms with Crippen LogP contribution >= 0.6 is 35.3 Å². The Morgan fingerprint density at radius 1 is 0.960 bits per heavy atom. The number of aromatic nitrogens is 2. The number of hydrogen-bond acceptors (Lipinski definition) is 6. The van der Waals surface area contributed by atoms with Gasteiger partial charge in [-0.1, -0.05) is 36.0 Å². The topological polar surface area (TPSA) is 38.1 Å². The van der Waals surface area contributed by atoms with Gasteiger partial charge in [0.1, 0.15) is 15.7 Å². The molecule has 0 spiro atoms. The Hall–Kier alpha value is -2.37. The lowest BCUT2D eigenvalue weighted by Gasteiger charge is -2.02. The molecule has 0 saturated carbocycles. The Kier molecular flexibility index (Phi) is 4.68. The standard InChI is InChI=1S/C19H11N3S3/c23-12-20-13-9-10-17-16(11-13)22-19(25-17)15-7-4-8-18(21-15)24-14-5-2-1-3-6-14/h1-11H. The fraction of sp³-hybridized carbons (Fsp3) is 0. The lowest BCUT2D eigenvalue weighted by molar-refractivity contribution is 1.13. The third-order valence-corrected chi connectivity index (χ3v) is 5.55. The smallest absolute Gasteiger partial charge is 0.143 e. The van der Waals surface area contributed by atoms with E-state index < -0.39 is 0 Å². The second-order valence-corrected chi connectivity index (χ2v) is 7.46. The van der Waals surface area contributed by atoms with Crippen LogP contribution in [0.25, 0.3) is 20.9 Å².